The topological polar surface area (TPSA) is 15.3 Å². The van der Waals surface area contributed by atoms with E-state index in [2.05, 4.69) is 16.8 Å². The first-order valence-electron chi connectivity index (χ1n) is 6.23. The zero-order chi connectivity index (χ0) is 13.0. The van der Waals surface area contributed by atoms with Gasteiger partial charge < -0.3 is 5.32 Å². The van der Waals surface area contributed by atoms with Gasteiger partial charge in [-0.2, -0.15) is 0 Å². The molecular weight excluding hydrogens is 251 g/mol. The summed E-state index contributed by atoms with van der Waals surface area (Å²) in [6, 6.07) is 5.23. The Kier molecular flexibility index (Phi) is 4.75. The molecule has 0 bridgehead atoms. The SMILES string of the molecule is C=CC[C@H](c1ccc(F)c(Cl)c1)N1CCNCC1. The molecule has 1 aliphatic rings. The Balaban J connectivity index is 2.22. The molecule has 1 aromatic carbocycles. The average molecular weight is 269 g/mol. The highest BCUT2D eigenvalue weighted by Gasteiger charge is 2.21. The Morgan fingerprint density at radius 1 is 1.44 bits per heavy atom. The maximum Gasteiger partial charge on any atom is 0.141 e. The van der Waals surface area contributed by atoms with Crippen molar-refractivity contribution in [3.05, 3.63) is 47.3 Å². The molecule has 1 atom stereocenters. The van der Waals surface area contributed by atoms with E-state index in [4.69, 9.17) is 11.6 Å². The summed E-state index contributed by atoms with van der Waals surface area (Å²) in [6.45, 7) is 7.78. The van der Waals surface area contributed by atoms with Crippen LogP contribution >= 0.6 is 11.6 Å². The first-order chi connectivity index (χ1) is 8.72. The molecule has 1 aromatic rings. The van der Waals surface area contributed by atoms with Crippen LogP contribution in [-0.2, 0) is 0 Å². The molecule has 98 valence electrons. The van der Waals surface area contributed by atoms with Crippen LogP contribution < -0.4 is 5.32 Å². The Bertz CT molecular complexity index is 416. The van der Waals surface area contributed by atoms with Crippen LogP contribution in [0.1, 0.15) is 18.0 Å². The molecule has 0 spiro atoms. The summed E-state index contributed by atoms with van der Waals surface area (Å²) < 4.78 is 13.2. The van der Waals surface area contributed by atoms with Crippen molar-refractivity contribution < 1.29 is 4.39 Å². The lowest BCUT2D eigenvalue weighted by Gasteiger charge is -2.34. The van der Waals surface area contributed by atoms with Crippen molar-refractivity contribution in [1.29, 1.82) is 0 Å². The summed E-state index contributed by atoms with van der Waals surface area (Å²) >= 11 is 5.87. The summed E-state index contributed by atoms with van der Waals surface area (Å²) in [4.78, 5) is 2.39. The Morgan fingerprint density at radius 2 is 2.17 bits per heavy atom. The minimum Gasteiger partial charge on any atom is -0.314 e. The van der Waals surface area contributed by atoms with Crippen LogP contribution in [0.2, 0.25) is 5.02 Å². The monoisotopic (exact) mass is 268 g/mol. The third kappa shape index (κ3) is 3.10. The molecule has 0 amide bonds. The summed E-state index contributed by atoms with van der Waals surface area (Å²) in [5, 5.41) is 3.52. The number of hydrogen-bond acceptors (Lipinski definition) is 2. The molecule has 1 aliphatic heterocycles. The lowest BCUT2D eigenvalue weighted by Crippen LogP contribution is -2.45. The van der Waals surface area contributed by atoms with E-state index < -0.39 is 0 Å². The van der Waals surface area contributed by atoms with Crippen molar-refractivity contribution >= 4 is 11.6 Å². The van der Waals surface area contributed by atoms with Crippen LogP contribution in [0.5, 0.6) is 0 Å². The molecule has 1 heterocycles. The van der Waals surface area contributed by atoms with Gasteiger partial charge in [0, 0.05) is 32.2 Å². The van der Waals surface area contributed by atoms with Crippen molar-refractivity contribution in [3.8, 4) is 0 Å². The van der Waals surface area contributed by atoms with Gasteiger partial charge in [-0.3, -0.25) is 4.90 Å². The fraction of sp³-hybridized carbons (Fsp3) is 0.429. The predicted molar refractivity (Wildman–Crippen MR) is 73.4 cm³/mol. The van der Waals surface area contributed by atoms with E-state index in [0.29, 0.717) is 0 Å². The van der Waals surface area contributed by atoms with Crippen LogP contribution in [0.4, 0.5) is 4.39 Å². The van der Waals surface area contributed by atoms with Gasteiger partial charge in [-0.05, 0) is 24.1 Å². The molecule has 4 heteroatoms. The van der Waals surface area contributed by atoms with E-state index >= 15 is 0 Å². The third-order valence-corrected chi connectivity index (χ3v) is 3.60. The van der Waals surface area contributed by atoms with E-state index in [0.717, 1.165) is 38.2 Å². The van der Waals surface area contributed by atoms with Crippen molar-refractivity contribution in [3.63, 3.8) is 0 Å². The number of nitrogens with one attached hydrogen (secondary N) is 1. The highest BCUT2D eigenvalue weighted by atomic mass is 35.5. The van der Waals surface area contributed by atoms with Crippen LogP contribution in [0.15, 0.2) is 30.9 Å². The minimum absolute atomic E-state index is 0.191. The first-order valence-corrected chi connectivity index (χ1v) is 6.61. The Hall–Kier alpha value is -0.900. The average Bonchev–Trinajstić information content (AvgIpc) is 2.40. The second-order valence-corrected chi connectivity index (χ2v) is 4.91. The molecule has 0 aliphatic carbocycles. The Morgan fingerprint density at radius 3 is 2.78 bits per heavy atom. The van der Waals surface area contributed by atoms with Crippen molar-refractivity contribution in [2.45, 2.75) is 12.5 Å². The van der Waals surface area contributed by atoms with Gasteiger partial charge in [-0.25, -0.2) is 4.39 Å². The fourth-order valence-electron chi connectivity index (χ4n) is 2.37. The minimum atomic E-state index is -0.363. The van der Waals surface area contributed by atoms with Gasteiger partial charge in [-0.15, -0.1) is 6.58 Å². The molecule has 0 radical (unpaired) electrons. The molecule has 2 nitrogen and oxygen atoms in total. The van der Waals surface area contributed by atoms with Crippen molar-refractivity contribution in [2.24, 2.45) is 0 Å². The quantitative estimate of drug-likeness (QED) is 0.845. The van der Waals surface area contributed by atoms with E-state index in [1.165, 1.54) is 6.07 Å². The molecule has 0 aromatic heterocycles. The van der Waals surface area contributed by atoms with Gasteiger partial charge in [-0.1, -0.05) is 23.7 Å². The largest absolute Gasteiger partial charge is 0.314 e. The van der Waals surface area contributed by atoms with Crippen molar-refractivity contribution in [1.82, 2.24) is 10.2 Å². The molecule has 1 N–H and O–H groups in total. The van der Waals surface area contributed by atoms with E-state index in [9.17, 15) is 4.39 Å². The summed E-state index contributed by atoms with van der Waals surface area (Å²) in [5.74, 6) is -0.363. The molecule has 1 fully saturated rings. The molecular formula is C14H18ClFN2. The number of benzene rings is 1. The van der Waals surface area contributed by atoms with Crippen LogP contribution in [0.25, 0.3) is 0 Å². The predicted octanol–water partition coefficient (Wildman–Crippen LogP) is 3.00. The molecule has 1 saturated heterocycles. The van der Waals surface area contributed by atoms with E-state index in [-0.39, 0.29) is 16.9 Å². The van der Waals surface area contributed by atoms with Crippen LogP contribution in [0, 0.1) is 5.82 Å². The molecule has 18 heavy (non-hydrogen) atoms. The Labute approximate surface area is 112 Å². The molecule has 0 unspecified atom stereocenters. The molecule has 0 saturated carbocycles. The summed E-state index contributed by atoms with van der Waals surface area (Å²) in [6.07, 6.45) is 2.76. The number of rotatable bonds is 4. The first kappa shape index (κ1) is 13.5. The van der Waals surface area contributed by atoms with Crippen LogP contribution in [0.3, 0.4) is 0 Å². The number of halogens is 2. The second-order valence-electron chi connectivity index (χ2n) is 4.50. The number of nitrogens with zero attached hydrogens (tertiary/aromatic N) is 1. The maximum absolute atomic E-state index is 13.2. The lowest BCUT2D eigenvalue weighted by molar-refractivity contribution is 0.174. The van der Waals surface area contributed by atoms with Gasteiger partial charge in [0.2, 0.25) is 0 Å². The number of piperazine rings is 1. The van der Waals surface area contributed by atoms with Gasteiger partial charge in [0.05, 0.1) is 5.02 Å². The zero-order valence-electron chi connectivity index (χ0n) is 10.3. The summed E-state index contributed by atoms with van der Waals surface area (Å²) in [7, 11) is 0. The lowest BCUT2D eigenvalue weighted by atomic mass is 10.0. The van der Waals surface area contributed by atoms with E-state index in [1.807, 2.05) is 12.1 Å². The molecule has 2 rings (SSSR count). The van der Waals surface area contributed by atoms with Crippen molar-refractivity contribution in [2.75, 3.05) is 26.2 Å². The smallest absolute Gasteiger partial charge is 0.141 e. The number of hydrogen-bond donors (Lipinski definition) is 1. The summed E-state index contributed by atoms with van der Waals surface area (Å²) in [5.41, 5.74) is 1.06. The standard InChI is InChI=1S/C14H18ClFN2/c1-2-3-14(18-8-6-17-7-9-18)11-4-5-13(16)12(15)10-11/h2,4-5,10,14,17H,1,3,6-9H2/t14-/m1/s1. The third-order valence-electron chi connectivity index (χ3n) is 3.31. The fourth-order valence-corrected chi connectivity index (χ4v) is 2.56. The van der Waals surface area contributed by atoms with Gasteiger partial charge >= 0.3 is 0 Å². The van der Waals surface area contributed by atoms with Gasteiger partial charge in [0.1, 0.15) is 5.82 Å². The maximum atomic E-state index is 13.2. The van der Waals surface area contributed by atoms with Gasteiger partial charge in [0.25, 0.3) is 0 Å². The van der Waals surface area contributed by atoms with Gasteiger partial charge in [0.15, 0.2) is 0 Å². The highest BCUT2D eigenvalue weighted by molar-refractivity contribution is 6.30. The normalized spacial score (nSPS) is 18.6. The van der Waals surface area contributed by atoms with E-state index in [1.54, 1.807) is 6.07 Å². The van der Waals surface area contributed by atoms with Crippen LogP contribution in [-0.4, -0.2) is 31.1 Å². The zero-order valence-corrected chi connectivity index (χ0v) is 11.1. The second kappa shape index (κ2) is 6.32. The highest BCUT2D eigenvalue weighted by Crippen LogP contribution is 2.28.